The van der Waals surface area contributed by atoms with E-state index in [0.29, 0.717) is 17.7 Å². The maximum Gasteiger partial charge on any atom is 0.337 e. The minimum absolute atomic E-state index is 0.0856. The van der Waals surface area contributed by atoms with Crippen molar-refractivity contribution in [2.24, 2.45) is 14.1 Å². The number of alkyl halides is 1. The molecule has 1 aliphatic rings. The largest absolute Gasteiger partial charge is 0.478 e. The van der Waals surface area contributed by atoms with Gasteiger partial charge in [-0.1, -0.05) is 6.07 Å². The van der Waals surface area contributed by atoms with Crippen LogP contribution in [-0.2, 0) is 30.0 Å². The van der Waals surface area contributed by atoms with Gasteiger partial charge in [-0.3, -0.25) is 18.3 Å². The number of rotatable bonds is 2. The first kappa shape index (κ1) is 21.8. The number of fused-ring (bicyclic) bond motifs is 2. The summed E-state index contributed by atoms with van der Waals surface area (Å²) in [5.41, 5.74) is 3.50. The van der Waals surface area contributed by atoms with Crippen molar-refractivity contribution in [1.82, 2.24) is 9.13 Å². The van der Waals surface area contributed by atoms with Crippen molar-refractivity contribution >= 4 is 34.6 Å². The molecule has 0 unspecified atom stereocenters. The fourth-order valence-corrected chi connectivity index (χ4v) is 3.10. The lowest BCUT2D eigenvalue weighted by Gasteiger charge is -2.00. The Morgan fingerprint density at radius 2 is 1.71 bits per heavy atom. The molecule has 31 heavy (non-hydrogen) atoms. The van der Waals surface area contributed by atoms with Crippen LogP contribution in [0, 0.1) is 0 Å². The van der Waals surface area contributed by atoms with Crippen LogP contribution in [0.2, 0.25) is 0 Å². The highest BCUT2D eigenvalue weighted by atomic mass is 19.1. The molecule has 1 aliphatic heterocycles. The Hall–Kier alpha value is -3.95. The van der Waals surface area contributed by atoms with E-state index < -0.39 is 19.1 Å². The summed E-state index contributed by atoms with van der Waals surface area (Å²) in [7, 11) is 3.70. The summed E-state index contributed by atoms with van der Waals surface area (Å²) in [5, 5.41) is 11.3. The van der Waals surface area contributed by atoms with Gasteiger partial charge in [0.25, 0.3) is 0 Å². The monoisotopic (exact) mass is 432 g/mol. The van der Waals surface area contributed by atoms with Crippen molar-refractivity contribution in [3.8, 4) is 0 Å². The maximum atomic E-state index is 11.6. The molecular formula is C21H22FN3O6. The van der Waals surface area contributed by atoms with Gasteiger partial charge in [0, 0.05) is 19.8 Å². The minimum atomic E-state index is -1.00. The number of aromatic nitrogens is 2. The Balaban J connectivity index is 0.000000206. The molecule has 0 radical (unpaired) electrons. The molecule has 164 valence electrons. The number of carbonyl (C=O) groups is 3. The number of aromatic carboxylic acids is 1. The van der Waals surface area contributed by atoms with Crippen molar-refractivity contribution in [1.29, 1.82) is 0 Å². The molecule has 1 amide bonds. The highest BCUT2D eigenvalue weighted by Crippen LogP contribution is 2.23. The van der Waals surface area contributed by atoms with E-state index in [1.54, 1.807) is 38.4 Å². The van der Waals surface area contributed by atoms with Crippen molar-refractivity contribution < 1.29 is 30.0 Å². The molecule has 2 N–H and O–H groups in total. The zero-order valence-corrected chi connectivity index (χ0v) is 17.1. The Morgan fingerprint density at radius 1 is 1.10 bits per heavy atom. The van der Waals surface area contributed by atoms with Crippen molar-refractivity contribution in [2.75, 3.05) is 19.6 Å². The summed E-state index contributed by atoms with van der Waals surface area (Å²) in [6.07, 6.45) is 0.342. The molecule has 2 heterocycles. The van der Waals surface area contributed by atoms with Crippen LogP contribution in [0.15, 0.2) is 41.2 Å². The van der Waals surface area contributed by atoms with Gasteiger partial charge >= 0.3 is 17.6 Å². The number of ether oxygens (including phenoxy) is 1. The Bertz CT molecular complexity index is 1230. The SMILES string of the molecule is COC(=O)c1ccc2c(c1)n(C)c(=O)n2C.O=C1Cc2ccc(C(=O)O)cc2N1.[2H]CF. The third-order valence-electron chi connectivity index (χ3n) is 4.67. The number of amides is 1. The number of nitrogens with zero attached hydrogens (tertiary/aromatic N) is 2. The molecule has 2 aromatic carbocycles. The van der Waals surface area contributed by atoms with E-state index in [9.17, 15) is 23.6 Å². The highest BCUT2D eigenvalue weighted by molar-refractivity contribution is 6.01. The fraction of sp³-hybridized carbons (Fsp3) is 0.238. The first-order valence-electron chi connectivity index (χ1n) is 9.60. The van der Waals surface area contributed by atoms with E-state index in [1.165, 1.54) is 28.4 Å². The number of anilines is 1. The predicted molar refractivity (Wildman–Crippen MR) is 112 cm³/mol. The molecule has 0 atom stereocenters. The molecule has 0 saturated heterocycles. The van der Waals surface area contributed by atoms with Gasteiger partial charge in [0.05, 0.1) is 44.2 Å². The Labute approximate surface area is 178 Å². The number of benzene rings is 2. The molecule has 4 rings (SSSR count). The van der Waals surface area contributed by atoms with Crippen LogP contribution in [0.25, 0.3) is 11.0 Å². The van der Waals surface area contributed by atoms with Gasteiger partial charge in [0.1, 0.15) is 0 Å². The fourth-order valence-electron chi connectivity index (χ4n) is 3.10. The zero-order chi connectivity index (χ0) is 24.0. The summed E-state index contributed by atoms with van der Waals surface area (Å²) in [6, 6.07) is 9.68. The molecule has 0 bridgehead atoms. The molecule has 1 aromatic heterocycles. The van der Waals surface area contributed by atoms with Gasteiger partial charge in [-0.2, -0.15) is 0 Å². The molecule has 3 aromatic rings. The first-order chi connectivity index (χ1) is 15.1. The number of carbonyl (C=O) groups excluding carboxylic acids is 2. The number of methoxy groups -OCH3 is 1. The number of hydrogen-bond donors (Lipinski definition) is 2. The van der Waals surface area contributed by atoms with Gasteiger partial charge in [-0.25, -0.2) is 14.4 Å². The van der Waals surface area contributed by atoms with Gasteiger partial charge in [0.15, 0.2) is 0 Å². The number of esters is 1. The van der Waals surface area contributed by atoms with Crippen molar-refractivity contribution in [3.63, 3.8) is 0 Å². The lowest BCUT2D eigenvalue weighted by Crippen LogP contribution is -2.19. The van der Waals surface area contributed by atoms with E-state index >= 15 is 0 Å². The number of aryl methyl sites for hydroxylation is 2. The number of halogens is 1. The number of carboxylic acids is 1. The Kier molecular flexibility index (Phi) is 6.81. The van der Waals surface area contributed by atoms with Gasteiger partial charge < -0.3 is 15.2 Å². The highest BCUT2D eigenvalue weighted by Gasteiger charge is 2.18. The zero-order valence-electron chi connectivity index (χ0n) is 18.1. The smallest absolute Gasteiger partial charge is 0.337 e. The van der Waals surface area contributed by atoms with Crippen LogP contribution in [0.4, 0.5) is 10.1 Å². The number of hydrogen-bond acceptors (Lipinski definition) is 5. The van der Waals surface area contributed by atoms with Crippen LogP contribution in [-0.4, -0.2) is 46.3 Å². The van der Waals surface area contributed by atoms with Gasteiger partial charge in [-0.05, 0) is 35.9 Å². The van der Waals surface area contributed by atoms with Crippen LogP contribution in [0.3, 0.4) is 0 Å². The third kappa shape index (κ3) is 4.80. The van der Waals surface area contributed by atoms with Crippen LogP contribution < -0.4 is 11.0 Å². The summed E-state index contributed by atoms with van der Waals surface area (Å²) < 4.78 is 23.2. The third-order valence-corrected chi connectivity index (χ3v) is 4.67. The molecule has 10 heteroatoms. The van der Waals surface area contributed by atoms with Crippen LogP contribution >= 0.6 is 0 Å². The lowest BCUT2D eigenvalue weighted by molar-refractivity contribution is -0.115. The molecule has 9 nitrogen and oxygen atoms in total. The van der Waals surface area contributed by atoms with E-state index in [4.69, 9.17) is 6.48 Å². The second-order valence-electron chi connectivity index (χ2n) is 6.50. The summed E-state index contributed by atoms with van der Waals surface area (Å²) in [5.74, 6) is -1.47. The standard InChI is InChI=1S/C11H12N2O3.C9H7NO3.CH3F/c1-12-8-5-4-7(10(14)16-3)6-9(8)13(2)11(12)15;11-8-4-5-1-2-6(9(12)13)3-7(5)10-8;1-2/h4-6H,1-3H3;1-3H,4H2,(H,10,11)(H,12,13);1H3/i;;1D. The minimum Gasteiger partial charge on any atom is -0.478 e. The Morgan fingerprint density at radius 3 is 2.32 bits per heavy atom. The average molecular weight is 432 g/mol. The number of imidazole rings is 1. The van der Waals surface area contributed by atoms with Crippen LogP contribution in [0.5, 0.6) is 0 Å². The van der Waals surface area contributed by atoms with Gasteiger partial charge in [-0.15, -0.1) is 0 Å². The molecule has 0 fully saturated rings. The van der Waals surface area contributed by atoms with E-state index in [2.05, 4.69) is 10.1 Å². The van der Waals surface area contributed by atoms with Gasteiger partial charge in [0.2, 0.25) is 5.91 Å². The van der Waals surface area contributed by atoms with E-state index in [-0.39, 0.29) is 17.2 Å². The average Bonchev–Trinajstić information content (AvgIpc) is 3.25. The quantitative estimate of drug-likeness (QED) is 0.599. The molecule has 0 aliphatic carbocycles. The summed E-state index contributed by atoms with van der Waals surface area (Å²) in [4.78, 5) is 44.5. The van der Waals surface area contributed by atoms with E-state index in [1.807, 2.05) is 0 Å². The normalized spacial score (nSPS) is 11.9. The lowest BCUT2D eigenvalue weighted by atomic mass is 10.1. The van der Waals surface area contributed by atoms with Crippen LogP contribution in [0.1, 0.15) is 27.7 Å². The molecular weight excluding hydrogens is 409 g/mol. The van der Waals surface area contributed by atoms with Crippen molar-refractivity contribution in [3.05, 3.63) is 63.6 Å². The molecule has 0 saturated carbocycles. The number of carboxylic acid groups (broad SMARTS) is 1. The summed E-state index contributed by atoms with van der Waals surface area (Å²) >= 11 is 0. The number of nitrogens with one attached hydrogen (secondary N) is 1. The van der Waals surface area contributed by atoms with Crippen molar-refractivity contribution in [2.45, 2.75) is 6.42 Å². The second kappa shape index (κ2) is 9.70. The predicted octanol–water partition coefficient (Wildman–Crippen LogP) is 2.13. The maximum absolute atomic E-state index is 11.6. The summed E-state index contributed by atoms with van der Waals surface area (Å²) in [6.45, 7) is 0. The molecule has 0 spiro atoms. The second-order valence-corrected chi connectivity index (χ2v) is 6.50. The first-order valence-corrected chi connectivity index (χ1v) is 8.89. The topological polar surface area (TPSA) is 120 Å². The van der Waals surface area contributed by atoms with E-state index in [0.717, 1.165) is 16.6 Å².